The van der Waals surface area contributed by atoms with Crippen LogP contribution in [0.4, 0.5) is 9.52 Å². The summed E-state index contributed by atoms with van der Waals surface area (Å²) in [5.74, 6) is -1.11. The molecule has 0 aliphatic heterocycles. The number of ether oxygens (including phenoxy) is 1. The highest BCUT2D eigenvalue weighted by molar-refractivity contribution is 7.16. The minimum atomic E-state index is -0.396. The molecule has 8 heteroatoms. The zero-order valence-electron chi connectivity index (χ0n) is 13.7. The van der Waals surface area contributed by atoms with E-state index in [0.717, 1.165) is 23.4 Å². The van der Waals surface area contributed by atoms with Crippen molar-refractivity contribution in [2.24, 2.45) is 0 Å². The van der Waals surface area contributed by atoms with E-state index in [1.54, 1.807) is 7.11 Å². The van der Waals surface area contributed by atoms with Gasteiger partial charge in [0.05, 0.1) is 18.2 Å². The molecule has 1 atom stereocenters. The summed E-state index contributed by atoms with van der Waals surface area (Å²) in [5, 5.41) is 5.99. The minimum Gasteiger partial charge on any atom is -0.383 e. The number of fused-ring (bicyclic) bond motifs is 1. The van der Waals surface area contributed by atoms with Gasteiger partial charge in [0.25, 0.3) is 5.91 Å². The second-order valence-electron chi connectivity index (χ2n) is 5.66. The van der Waals surface area contributed by atoms with Crippen LogP contribution >= 0.6 is 11.3 Å². The monoisotopic (exact) mass is 363 g/mol. The van der Waals surface area contributed by atoms with E-state index in [1.807, 2.05) is 0 Å². The van der Waals surface area contributed by atoms with E-state index in [4.69, 9.17) is 4.74 Å². The molecular formula is C17H18FN3O3S. The molecule has 1 heterocycles. The number of carbonyl (C=O) groups excluding carboxylic acids is 2. The third-order valence-electron chi connectivity index (χ3n) is 3.97. The number of rotatable bonds is 6. The van der Waals surface area contributed by atoms with E-state index in [0.29, 0.717) is 23.8 Å². The molecule has 2 N–H and O–H groups in total. The average molecular weight is 363 g/mol. The first-order valence-electron chi connectivity index (χ1n) is 7.91. The maximum absolute atomic E-state index is 12.9. The Morgan fingerprint density at radius 1 is 1.36 bits per heavy atom. The molecule has 0 bridgehead atoms. The number of nitrogens with zero attached hydrogens (tertiary/aromatic N) is 1. The molecule has 6 nitrogen and oxygen atoms in total. The average Bonchev–Trinajstić information content (AvgIpc) is 3.15. The molecule has 1 aliphatic rings. The lowest BCUT2D eigenvalue weighted by Gasteiger charge is -2.10. The van der Waals surface area contributed by atoms with Gasteiger partial charge in [-0.15, -0.1) is 11.3 Å². The van der Waals surface area contributed by atoms with Gasteiger partial charge in [0.2, 0.25) is 5.91 Å². The Morgan fingerprint density at radius 3 is 2.84 bits per heavy atom. The van der Waals surface area contributed by atoms with E-state index in [1.165, 1.54) is 35.6 Å². The van der Waals surface area contributed by atoms with Crippen molar-refractivity contribution in [2.45, 2.75) is 18.8 Å². The standard InChI is InChI=1S/C17H18FN3O3S/c1-24-9-8-19-16(23)12-6-7-13-14(12)20-17(25-13)21-15(22)10-2-4-11(18)5-3-10/h2-5,12H,6-9H2,1H3,(H,19,23)(H,20,21,22). The quantitative estimate of drug-likeness (QED) is 0.772. The first kappa shape index (κ1) is 17.5. The number of benzene rings is 1. The Bertz CT molecular complexity index is 776. The van der Waals surface area contributed by atoms with Crippen LogP contribution in [0.15, 0.2) is 24.3 Å². The zero-order valence-corrected chi connectivity index (χ0v) is 14.5. The topological polar surface area (TPSA) is 80.3 Å². The lowest BCUT2D eigenvalue weighted by Crippen LogP contribution is -2.31. The number of methoxy groups -OCH3 is 1. The number of halogens is 1. The molecule has 1 aromatic heterocycles. The number of amides is 2. The summed E-state index contributed by atoms with van der Waals surface area (Å²) in [6.07, 6.45) is 1.49. The summed E-state index contributed by atoms with van der Waals surface area (Å²) in [6, 6.07) is 5.30. The van der Waals surface area contributed by atoms with Crippen LogP contribution in [0.25, 0.3) is 0 Å². The lowest BCUT2D eigenvalue weighted by atomic mass is 10.1. The molecule has 2 aromatic rings. The van der Waals surface area contributed by atoms with Crippen molar-refractivity contribution in [3.63, 3.8) is 0 Å². The Hall–Kier alpha value is -2.32. The van der Waals surface area contributed by atoms with Crippen LogP contribution in [0, 0.1) is 5.82 Å². The second kappa shape index (κ2) is 7.71. The fourth-order valence-corrected chi connectivity index (χ4v) is 3.74. The van der Waals surface area contributed by atoms with Crippen molar-refractivity contribution >= 4 is 28.3 Å². The number of aryl methyl sites for hydroxylation is 1. The molecule has 1 aromatic carbocycles. The number of hydrogen-bond donors (Lipinski definition) is 2. The van der Waals surface area contributed by atoms with Gasteiger partial charge in [-0.05, 0) is 37.1 Å². The Balaban J connectivity index is 1.66. The van der Waals surface area contributed by atoms with Gasteiger partial charge < -0.3 is 10.1 Å². The highest BCUT2D eigenvalue weighted by Crippen LogP contribution is 2.38. The van der Waals surface area contributed by atoms with Crippen molar-refractivity contribution in [3.05, 3.63) is 46.2 Å². The van der Waals surface area contributed by atoms with Crippen molar-refractivity contribution < 1.29 is 18.7 Å². The predicted octanol–water partition coefficient (Wildman–Crippen LogP) is 2.33. The van der Waals surface area contributed by atoms with Crippen LogP contribution < -0.4 is 10.6 Å². The number of nitrogens with one attached hydrogen (secondary N) is 2. The predicted molar refractivity (Wildman–Crippen MR) is 92.4 cm³/mol. The Kier molecular flexibility index (Phi) is 5.40. The van der Waals surface area contributed by atoms with E-state index in [-0.39, 0.29) is 17.7 Å². The van der Waals surface area contributed by atoms with Crippen molar-refractivity contribution in [2.75, 3.05) is 25.6 Å². The van der Waals surface area contributed by atoms with Crippen LogP contribution in [-0.4, -0.2) is 37.1 Å². The largest absolute Gasteiger partial charge is 0.383 e. The molecule has 0 saturated heterocycles. The van der Waals surface area contributed by atoms with Gasteiger partial charge in [0.15, 0.2) is 5.13 Å². The number of thiazole rings is 1. The van der Waals surface area contributed by atoms with E-state index in [2.05, 4.69) is 15.6 Å². The number of aromatic nitrogens is 1. The van der Waals surface area contributed by atoms with E-state index < -0.39 is 5.82 Å². The molecule has 1 aliphatic carbocycles. The number of anilines is 1. The van der Waals surface area contributed by atoms with E-state index >= 15 is 0 Å². The first-order chi connectivity index (χ1) is 12.1. The maximum Gasteiger partial charge on any atom is 0.257 e. The van der Waals surface area contributed by atoms with Gasteiger partial charge in [-0.3, -0.25) is 14.9 Å². The van der Waals surface area contributed by atoms with Crippen LogP contribution in [0.1, 0.15) is 33.3 Å². The van der Waals surface area contributed by atoms with Crippen LogP contribution in [0.2, 0.25) is 0 Å². The minimum absolute atomic E-state index is 0.0717. The number of carbonyl (C=O) groups is 2. The molecule has 1 unspecified atom stereocenters. The third kappa shape index (κ3) is 4.02. The summed E-state index contributed by atoms with van der Waals surface area (Å²) in [5.41, 5.74) is 1.08. The summed E-state index contributed by atoms with van der Waals surface area (Å²) in [4.78, 5) is 29.9. The molecule has 0 saturated carbocycles. The molecule has 0 fully saturated rings. The summed E-state index contributed by atoms with van der Waals surface area (Å²) < 4.78 is 17.9. The van der Waals surface area contributed by atoms with Crippen LogP contribution in [0.5, 0.6) is 0 Å². The van der Waals surface area contributed by atoms with Gasteiger partial charge in [-0.25, -0.2) is 9.37 Å². The molecular weight excluding hydrogens is 345 g/mol. The molecule has 25 heavy (non-hydrogen) atoms. The summed E-state index contributed by atoms with van der Waals surface area (Å²) in [7, 11) is 1.58. The number of hydrogen-bond acceptors (Lipinski definition) is 5. The van der Waals surface area contributed by atoms with Crippen molar-refractivity contribution in [1.82, 2.24) is 10.3 Å². The zero-order chi connectivity index (χ0) is 17.8. The Morgan fingerprint density at radius 2 is 2.12 bits per heavy atom. The van der Waals surface area contributed by atoms with Gasteiger partial charge in [0.1, 0.15) is 5.82 Å². The first-order valence-corrected chi connectivity index (χ1v) is 8.73. The van der Waals surface area contributed by atoms with Crippen molar-refractivity contribution in [1.29, 1.82) is 0 Å². The van der Waals surface area contributed by atoms with Gasteiger partial charge in [-0.1, -0.05) is 0 Å². The smallest absolute Gasteiger partial charge is 0.257 e. The fourth-order valence-electron chi connectivity index (χ4n) is 2.71. The molecule has 2 amide bonds. The van der Waals surface area contributed by atoms with E-state index in [9.17, 15) is 14.0 Å². The van der Waals surface area contributed by atoms with Gasteiger partial charge >= 0.3 is 0 Å². The molecule has 3 rings (SSSR count). The van der Waals surface area contributed by atoms with Crippen molar-refractivity contribution in [3.8, 4) is 0 Å². The summed E-state index contributed by atoms with van der Waals surface area (Å²) >= 11 is 1.38. The fraction of sp³-hybridized carbons (Fsp3) is 0.353. The second-order valence-corrected chi connectivity index (χ2v) is 6.75. The van der Waals surface area contributed by atoms with Gasteiger partial charge in [-0.2, -0.15) is 0 Å². The summed E-state index contributed by atoms with van der Waals surface area (Å²) in [6.45, 7) is 0.917. The highest BCUT2D eigenvalue weighted by Gasteiger charge is 2.32. The Labute approximate surface area is 148 Å². The lowest BCUT2D eigenvalue weighted by molar-refractivity contribution is -0.122. The highest BCUT2D eigenvalue weighted by atomic mass is 32.1. The third-order valence-corrected chi connectivity index (χ3v) is 5.01. The molecule has 132 valence electrons. The van der Waals surface area contributed by atoms with Crippen LogP contribution in [-0.2, 0) is 16.0 Å². The van der Waals surface area contributed by atoms with Crippen LogP contribution in [0.3, 0.4) is 0 Å². The molecule has 0 spiro atoms. The molecule has 0 radical (unpaired) electrons. The van der Waals surface area contributed by atoms with Gasteiger partial charge in [0, 0.05) is 24.1 Å². The SMILES string of the molecule is COCCNC(=O)C1CCc2sc(NC(=O)c3ccc(F)cc3)nc21. The maximum atomic E-state index is 12.9. The normalized spacial score (nSPS) is 15.7.